The summed E-state index contributed by atoms with van der Waals surface area (Å²) in [5, 5.41) is 5.80. The first-order chi connectivity index (χ1) is 13.9. The van der Waals surface area contributed by atoms with Crippen molar-refractivity contribution >= 4 is 17.8 Å². The maximum Gasteiger partial charge on any atom is 0.338 e. The summed E-state index contributed by atoms with van der Waals surface area (Å²) in [6, 6.07) is 13.2. The zero-order valence-corrected chi connectivity index (χ0v) is 16.3. The van der Waals surface area contributed by atoms with Gasteiger partial charge in [0, 0.05) is 0 Å². The van der Waals surface area contributed by atoms with E-state index in [1.807, 2.05) is 0 Å². The third kappa shape index (κ3) is 3.71. The average molecular weight is 394 g/mol. The number of ether oxygens (including phenoxy) is 2. The van der Waals surface area contributed by atoms with E-state index >= 15 is 0 Å². The predicted octanol–water partition coefficient (Wildman–Crippen LogP) is 2.47. The highest BCUT2D eigenvalue weighted by molar-refractivity contribution is 5.96. The number of amides is 1. The zero-order valence-electron chi connectivity index (χ0n) is 16.3. The van der Waals surface area contributed by atoms with Gasteiger partial charge in [0.25, 0.3) is 5.91 Å². The van der Waals surface area contributed by atoms with E-state index in [9.17, 15) is 14.4 Å². The lowest BCUT2D eigenvalue weighted by atomic mass is 9.82. The van der Waals surface area contributed by atoms with Gasteiger partial charge in [-0.2, -0.15) is 0 Å². The topological polar surface area (TPSA) is 93.7 Å². The molecule has 0 radical (unpaired) electrons. The number of carbonyl (C=O) groups is 3. The molecule has 1 heterocycles. The fourth-order valence-electron chi connectivity index (χ4n) is 3.26. The van der Waals surface area contributed by atoms with Crippen molar-refractivity contribution < 1.29 is 23.9 Å². The third-order valence-electron chi connectivity index (χ3n) is 4.60. The summed E-state index contributed by atoms with van der Waals surface area (Å²) in [5.41, 5.74) is 0.773. The highest BCUT2D eigenvalue weighted by Gasteiger charge is 2.47. The van der Waals surface area contributed by atoms with Crippen molar-refractivity contribution in [3.63, 3.8) is 0 Å². The van der Waals surface area contributed by atoms with Crippen LogP contribution >= 0.6 is 0 Å². The molecule has 150 valence electrons. The van der Waals surface area contributed by atoms with Crippen LogP contribution in [-0.4, -0.2) is 31.1 Å². The molecule has 1 saturated heterocycles. The van der Waals surface area contributed by atoms with Crippen molar-refractivity contribution in [1.82, 2.24) is 10.6 Å². The fourth-order valence-corrected chi connectivity index (χ4v) is 3.26. The molecular formula is C22H22N2O5. The average Bonchev–Trinajstić information content (AvgIpc) is 3.03. The summed E-state index contributed by atoms with van der Waals surface area (Å²) in [5.74, 6) is -0.811. The molecule has 0 saturated carbocycles. The normalized spacial score (nSPS) is 14.7. The van der Waals surface area contributed by atoms with E-state index < -0.39 is 17.5 Å². The molecular weight excluding hydrogens is 372 g/mol. The molecule has 29 heavy (non-hydrogen) atoms. The van der Waals surface area contributed by atoms with Crippen LogP contribution in [0, 0.1) is 0 Å². The van der Waals surface area contributed by atoms with Crippen molar-refractivity contribution in [2.24, 2.45) is 0 Å². The minimum Gasteiger partial charge on any atom is -0.462 e. The van der Waals surface area contributed by atoms with E-state index in [0.717, 1.165) is 0 Å². The summed E-state index contributed by atoms with van der Waals surface area (Å²) in [6.07, 6.45) is 0. The van der Waals surface area contributed by atoms with Crippen LogP contribution in [0.4, 0.5) is 0 Å². The number of hydrogen-bond acceptors (Lipinski definition) is 6. The molecule has 3 rings (SSSR count). The van der Waals surface area contributed by atoms with Crippen LogP contribution in [0.1, 0.15) is 45.7 Å². The van der Waals surface area contributed by atoms with E-state index in [1.54, 1.807) is 62.4 Å². The summed E-state index contributed by atoms with van der Waals surface area (Å²) < 4.78 is 10.0. The number of carbonyl (C=O) groups excluding carboxylic acids is 3. The molecule has 0 atom stereocenters. The first-order valence-electron chi connectivity index (χ1n) is 9.26. The minimum absolute atomic E-state index is 0.279. The van der Waals surface area contributed by atoms with Gasteiger partial charge in [0.2, 0.25) is 0 Å². The van der Waals surface area contributed by atoms with Crippen LogP contribution in [-0.2, 0) is 19.8 Å². The van der Waals surface area contributed by atoms with Crippen molar-refractivity contribution in [3.8, 4) is 0 Å². The number of benzene rings is 2. The highest BCUT2D eigenvalue weighted by Crippen LogP contribution is 2.34. The van der Waals surface area contributed by atoms with Gasteiger partial charge < -0.3 is 20.1 Å². The monoisotopic (exact) mass is 394 g/mol. The van der Waals surface area contributed by atoms with E-state index in [0.29, 0.717) is 28.1 Å². The van der Waals surface area contributed by atoms with Crippen LogP contribution in [0.15, 0.2) is 60.9 Å². The number of nitrogens with one attached hydrogen (secondary N) is 2. The Kier molecular flexibility index (Phi) is 5.68. The van der Waals surface area contributed by atoms with Crippen molar-refractivity contribution in [1.29, 1.82) is 0 Å². The third-order valence-corrected chi connectivity index (χ3v) is 4.60. The molecule has 0 aromatic heterocycles. The van der Waals surface area contributed by atoms with Gasteiger partial charge in [-0.25, -0.2) is 9.59 Å². The van der Waals surface area contributed by atoms with Gasteiger partial charge in [-0.05, 0) is 49.2 Å². The molecule has 0 aliphatic carbocycles. The number of hydrogen-bond donors (Lipinski definition) is 2. The van der Waals surface area contributed by atoms with Gasteiger partial charge in [-0.3, -0.25) is 4.79 Å². The Hall–Kier alpha value is -3.61. The van der Waals surface area contributed by atoms with E-state index in [1.165, 1.54) is 0 Å². The number of esters is 2. The second kappa shape index (κ2) is 8.18. The van der Waals surface area contributed by atoms with Gasteiger partial charge >= 0.3 is 11.9 Å². The minimum atomic E-state index is -1.24. The molecule has 0 unspecified atom stereocenters. The lowest BCUT2D eigenvalue weighted by Crippen LogP contribution is -2.44. The molecule has 0 bridgehead atoms. The highest BCUT2D eigenvalue weighted by atomic mass is 16.5. The van der Waals surface area contributed by atoms with E-state index in [4.69, 9.17) is 9.47 Å². The van der Waals surface area contributed by atoms with Crippen molar-refractivity contribution in [3.05, 3.63) is 83.2 Å². The lowest BCUT2D eigenvalue weighted by Gasteiger charge is -2.28. The first-order valence-corrected chi connectivity index (χ1v) is 9.26. The van der Waals surface area contributed by atoms with Gasteiger partial charge in [-0.15, -0.1) is 0 Å². The fraction of sp³-hybridized carbons (Fsp3) is 0.227. The van der Waals surface area contributed by atoms with Crippen molar-refractivity contribution in [2.75, 3.05) is 13.2 Å². The molecule has 7 nitrogen and oxygen atoms in total. The largest absolute Gasteiger partial charge is 0.462 e. The molecule has 1 fully saturated rings. The molecule has 7 heteroatoms. The molecule has 2 N–H and O–H groups in total. The summed E-state index contributed by atoms with van der Waals surface area (Å²) in [7, 11) is 0. The first kappa shape index (κ1) is 20.1. The Labute approximate surface area is 168 Å². The maximum absolute atomic E-state index is 12.9. The van der Waals surface area contributed by atoms with Gasteiger partial charge in [0.1, 0.15) is 0 Å². The smallest absolute Gasteiger partial charge is 0.338 e. The van der Waals surface area contributed by atoms with Gasteiger partial charge in [-0.1, -0.05) is 30.8 Å². The van der Waals surface area contributed by atoms with E-state index in [-0.39, 0.29) is 19.1 Å². The second-order valence-electron chi connectivity index (χ2n) is 6.40. The Morgan fingerprint density at radius 2 is 1.28 bits per heavy atom. The van der Waals surface area contributed by atoms with Crippen LogP contribution in [0.3, 0.4) is 0 Å². The summed E-state index contributed by atoms with van der Waals surface area (Å²) in [4.78, 5) is 36.8. The standard InChI is InChI=1S/C22H22N2O5/c1-4-28-19(25)15-6-10-17(11-7-15)22(21(27)23-14(3)24-22)18-12-8-16(9-13-18)20(26)29-5-2/h6-13,24H,3-5H2,1-2H3,(H,23,27). The molecule has 2 aromatic carbocycles. The lowest BCUT2D eigenvalue weighted by molar-refractivity contribution is -0.123. The summed E-state index contributed by atoms with van der Waals surface area (Å²) >= 11 is 0. The predicted molar refractivity (Wildman–Crippen MR) is 106 cm³/mol. The Balaban J connectivity index is 2.02. The Morgan fingerprint density at radius 1 is 0.862 bits per heavy atom. The Bertz CT molecular complexity index is 887. The van der Waals surface area contributed by atoms with Crippen molar-refractivity contribution in [2.45, 2.75) is 19.4 Å². The van der Waals surface area contributed by atoms with Gasteiger partial charge in [0.15, 0.2) is 5.54 Å². The zero-order chi connectivity index (χ0) is 21.0. The van der Waals surface area contributed by atoms with Crippen LogP contribution < -0.4 is 10.6 Å². The molecule has 1 aliphatic rings. The SMILES string of the molecule is C=C1NC(=O)C(c2ccc(C(=O)OCC)cc2)(c2ccc(C(=O)OCC)cc2)N1. The molecule has 2 aromatic rings. The summed E-state index contributed by atoms with van der Waals surface area (Å²) in [6.45, 7) is 7.83. The van der Waals surface area contributed by atoms with E-state index in [2.05, 4.69) is 17.2 Å². The maximum atomic E-state index is 12.9. The van der Waals surface area contributed by atoms with Gasteiger partial charge in [0.05, 0.1) is 30.2 Å². The molecule has 0 spiro atoms. The molecule has 1 amide bonds. The number of rotatable bonds is 6. The van der Waals surface area contributed by atoms with Crippen LogP contribution in [0.5, 0.6) is 0 Å². The van der Waals surface area contributed by atoms with Crippen LogP contribution in [0.2, 0.25) is 0 Å². The Morgan fingerprint density at radius 3 is 1.59 bits per heavy atom. The van der Waals surface area contributed by atoms with Crippen LogP contribution in [0.25, 0.3) is 0 Å². The quantitative estimate of drug-likeness (QED) is 0.731. The molecule has 1 aliphatic heterocycles. The second-order valence-corrected chi connectivity index (χ2v) is 6.40.